The van der Waals surface area contributed by atoms with Gasteiger partial charge < -0.3 is 9.88 Å². The Hall–Kier alpha value is -1.79. The molecular weight excluding hydrogens is 294 g/mol. The highest BCUT2D eigenvalue weighted by molar-refractivity contribution is 7.17. The molecule has 22 heavy (non-hydrogen) atoms. The van der Waals surface area contributed by atoms with Gasteiger partial charge in [-0.2, -0.15) is 0 Å². The molecule has 0 spiro atoms. The molecule has 1 N–H and O–H groups in total. The van der Waals surface area contributed by atoms with Gasteiger partial charge in [-0.3, -0.25) is 4.98 Å². The first-order valence-electron chi connectivity index (χ1n) is 7.79. The van der Waals surface area contributed by atoms with E-state index in [0.717, 1.165) is 36.7 Å². The summed E-state index contributed by atoms with van der Waals surface area (Å²) in [6, 6.07) is 4.53. The zero-order chi connectivity index (χ0) is 14.9. The average Bonchev–Trinajstić information content (AvgIpc) is 3.18. The van der Waals surface area contributed by atoms with Gasteiger partial charge in [-0.15, -0.1) is 21.5 Å². The number of hydrogen-bond donors (Lipinski definition) is 1. The molecule has 1 atom stereocenters. The normalized spacial score (nSPS) is 15.9. The third-order valence-corrected chi connectivity index (χ3v) is 5.18. The maximum absolute atomic E-state index is 4.51. The van der Waals surface area contributed by atoms with Gasteiger partial charge >= 0.3 is 0 Å². The van der Waals surface area contributed by atoms with E-state index in [2.05, 4.69) is 49.5 Å². The van der Waals surface area contributed by atoms with Crippen LogP contribution in [0.25, 0.3) is 10.2 Å². The summed E-state index contributed by atoms with van der Waals surface area (Å²) in [4.78, 5) is 4.51. The number of thiophene rings is 1. The summed E-state index contributed by atoms with van der Waals surface area (Å²) in [5.41, 5.74) is 2.29. The molecule has 5 nitrogen and oxygen atoms in total. The summed E-state index contributed by atoms with van der Waals surface area (Å²) in [6.07, 6.45) is 5.48. The Morgan fingerprint density at radius 2 is 2.32 bits per heavy atom. The van der Waals surface area contributed by atoms with Crippen molar-refractivity contribution < 1.29 is 0 Å². The predicted molar refractivity (Wildman–Crippen MR) is 87.8 cm³/mol. The number of nitrogens with zero attached hydrogens (tertiary/aromatic N) is 4. The topological polar surface area (TPSA) is 55.6 Å². The van der Waals surface area contributed by atoms with Crippen LogP contribution in [0.1, 0.15) is 43.0 Å². The molecule has 4 heterocycles. The number of nitrogens with one attached hydrogen (secondary N) is 1. The Labute approximate surface area is 133 Å². The van der Waals surface area contributed by atoms with E-state index in [9.17, 15) is 0 Å². The first-order chi connectivity index (χ1) is 10.8. The zero-order valence-corrected chi connectivity index (χ0v) is 13.4. The highest BCUT2D eigenvalue weighted by Gasteiger charge is 2.16. The van der Waals surface area contributed by atoms with Crippen LogP contribution in [-0.4, -0.2) is 19.7 Å². The van der Waals surface area contributed by atoms with Gasteiger partial charge in [-0.05, 0) is 42.8 Å². The summed E-state index contributed by atoms with van der Waals surface area (Å²) in [7, 11) is 0. The molecule has 0 radical (unpaired) electrons. The van der Waals surface area contributed by atoms with Gasteiger partial charge in [0.1, 0.15) is 11.6 Å². The molecule has 114 valence electrons. The largest absolute Gasteiger partial charge is 0.314 e. The van der Waals surface area contributed by atoms with Crippen LogP contribution in [0.5, 0.6) is 0 Å². The van der Waals surface area contributed by atoms with Crippen LogP contribution in [0.3, 0.4) is 0 Å². The van der Waals surface area contributed by atoms with Crippen LogP contribution < -0.4 is 5.32 Å². The van der Waals surface area contributed by atoms with E-state index in [1.807, 2.05) is 6.20 Å². The molecule has 1 aliphatic rings. The molecule has 0 unspecified atom stereocenters. The van der Waals surface area contributed by atoms with E-state index in [0.29, 0.717) is 0 Å². The first kappa shape index (κ1) is 13.8. The van der Waals surface area contributed by atoms with Crippen molar-refractivity contribution in [2.75, 3.05) is 0 Å². The van der Waals surface area contributed by atoms with E-state index in [1.54, 1.807) is 11.3 Å². The smallest absolute Gasteiger partial charge is 0.147 e. The van der Waals surface area contributed by atoms with E-state index in [4.69, 9.17) is 0 Å². The molecule has 6 heteroatoms. The summed E-state index contributed by atoms with van der Waals surface area (Å²) >= 11 is 1.74. The van der Waals surface area contributed by atoms with Gasteiger partial charge in [0.15, 0.2) is 0 Å². The van der Waals surface area contributed by atoms with Crippen molar-refractivity contribution in [3.63, 3.8) is 0 Å². The second kappa shape index (κ2) is 5.78. The van der Waals surface area contributed by atoms with Crippen molar-refractivity contribution in [2.24, 2.45) is 0 Å². The van der Waals surface area contributed by atoms with Crippen molar-refractivity contribution in [1.29, 1.82) is 0 Å². The lowest BCUT2D eigenvalue weighted by molar-refractivity contribution is 0.484. The van der Waals surface area contributed by atoms with E-state index >= 15 is 0 Å². The third-order valence-electron chi connectivity index (χ3n) is 4.33. The van der Waals surface area contributed by atoms with Crippen molar-refractivity contribution in [3.8, 4) is 0 Å². The Bertz CT molecular complexity index is 791. The van der Waals surface area contributed by atoms with Gasteiger partial charge in [0.25, 0.3) is 0 Å². The number of aromatic nitrogens is 4. The summed E-state index contributed by atoms with van der Waals surface area (Å²) in [5.74, 6) is 2.18. The minimum Gasteiger partial charge on any atom is -0.314 e. The van der Waals surface area contributed by atoms with Crippen LogP contribution in [0.15, 0.2) is 23.7 Å². The van der Waals surface area contributed by atoms with Gasteiger partial charge in [0.2, 0.25) is 0 Å². The number of aryl methyl sites for hydroxylation is 1. The van der Waals surface area contributed by atoms with E-state index < -0.39 is 0 Å². The van der Waals surface area contributed by atoms with Gasteiger partial charge in [0.05, 0.1) is 16.8 Å². The number of hydrogen-bond acceptors (Lipinski definition) is 5. The van der Waals surface area contributed by atoms with Gasteiger partial charge in [-0.25, -0.2) is 0 Å². The fourth-order valence-corrected chi connectivity index (χ4v) is 3.75. The van der Waals surface area contributed by atoms with Crippen molar-refractivity contribution >= 4 is 21.6 Å². The van der Waals surface area contributed by atoms with E-state index in [-0.39, 0.29) is 6.04 Å². The minimum absolute atomic E-state index is 0.246. The summed E-state index contributed by atoms with van der Waals surface area (Å²) < 4.78 is 3.51. The standard InChI is InChI=1S/C16H19N5S/c1-11(12-8-14-13(18-9-12)5-7-22-14)17-10-16-20-19-15-4-2-3-6-21(15)16/h5,7-9,11,17H,2-4,6,10H2,1H3/t11-/m0/s1. The van der Waals surface area contributed by atoms with Crippen LogP contribution in [0.4, 0.5) is 0 Å². The second-order valence-electron chi connectivity index (χ2n) is 5.82. The zero-order valence-electron chi connectivity index (χ0n) is 12.6. The highest BCUT2D eigenvalue weighted by atomic mass is 32.1. The molecule has 0 aliphatic carbocycles. The number of fused-ring (bicyclic) bond motifs is 2. The summed E-state index contributed by atoms with van der Waals surface area (Å²) in [6.45, 7) is 3.97. The monoisotopic (exact) mass is 313 g/mol. The van der Waals surface area contributed by atoms with Crippen LogP contribution >= 0.6 is 11.3 Å². The Morgan fingerprint density at radius 1 is 1.36 bits per heavy atom. The lowest BCUT2D eigenvalue weighted by Gasteiger charge is -2.17. The van der Waals surface area contributed by atoms with Gasteiger partial charge in [0, 0.05) is 25.2 Å². The Morgan fingerprint density at radius 3 is 3.27 bits per heavy atom. The molecule has 3 aromatic heterocycles. The molecular formula is C16H19N5S. The molecule has 4 rings (SSSR count). The van der Waals surface area contributed by atoms with E-state index in [1.165, 1.54) is 23.1 Å². The maximum atomic E-state index is 4.51. The van der Waals surface area contributed by atoms with Crippen LogP contribution in [-0.2, 0) is 19.5 Å². The lowest BCUT2D eigenvalue weighted by Crippen LogP contribution is -2.22. The summed E-state index contributed by atoms with van der Waals surface area (Å²) in [5, 5.41) is 14.3. The van der Waals surface area contributed by atoms with Crippen molar-refractivity contribution in [2.45, 2.75) is 45.3 Å². The molecule has 0 amide bonds. The second-order valence-corrected chi connectivity index (χ2v) is 6.76. The fraction of sp³-hybridized carbons (Fsp3) is 0.438. The molecule has 0 fully saturated rings. The molecule has 1 aliphatic heterocycles. The predicted octanol–water partition coefficient (Wildman–Crippen LogP) is 3.07. The molecule has 0 aromatic carbocycles. The Kier molecular flexibility index (Phi) is 3.63. The van der Waals surface area contributed by atoms with Gasteiger partial charge in [-0.1, -0.05) is 0 Å². The van der Waals surface area contributed by atoms with Crippen molar-refractivity contribution in [1.82, 2.24) is 25.1 Å². The lowest BCUT2D eigenvalue weighted by atomic mass is 10.1. The van der Waals surface area contributed by atoms with Crippen molar-refractivity contribution in [3.05, 3.63) is 40.9 Å². The molecule has 0 saturated heterocycles. The maximum Gasteiger partial charge on any atom is 0.147 e. The third kappa shape index (κ3) is 2.53. The number of pyridine rings is 1. The fourth-order valence-electron chi connectivity index (χ4n) is 2.96. The molecule has 0 bridgehead atoms. The minimum atomic E-state index is 0.246. The molecule has 0 saturated carbocycles. The number of rotatable bonds is 4. The Balaban J connectivity index is 1.47. The first-order valence-corrected chi connectivity index (χ1v) is 8.67. The highest BCUT2D eigenvalue weighted by Crippen LogP contribution is 2.23. The molecule has 3 aromatic rings. The van der Waals surface area contributed by atoms with Crippen LogP contribution in [0, 0.1) is 0 Å². The van der Waals surface area contributed by atoms with Crippen LogP contribution in [0.2, 0.25) is 0 Å². The SMILES string of the molecule is C[C@H](NCc1nnc2n1CCCC2)c1cnc2ccsc2c1. The quantitative estimate of drug-likeness (QED) is 0.804. The average molecular weight is 313 g/mol.